The number of thiophene rings is 1. The molecule has 1 aromatic carbocycles. The van der Waals surface area contributed by atoms with Crippen molar-refractivity contribution in [2.24, 2.45) is 0 Å². The van der Waals surface area contributed by atoms with Crippen LogP contribution in [0.15, 0.2) is 35.1 Å². The van der Waals surface area contributed by atoms with Gasteiger partial charge in [-0.2, -0.15) is 0 Å². The lowest BCUT2D eigenvalue weighted by Crippen LogP contribution is -2.10. The van der Waals surface area contributed by atoms with Crippen LogP contribution in [0.2, 0.25) is 0 Å². The van der Waals surface area contributed by atoms with Crippen LogP contribution in [0.4, 0.5) is 0 Å². The van der Waals surface area contributed by atoms with Crippen molar-refractivity contribution in [2.45, 2.75) is 13.8 Å². The van der Waals surface area contributed by atoms with Gasteiger partial charge < -0.3 is 10.1 Å². The number of carboxylic acids is 1. The minimum Gasteiger partial charge on any atom is -0.478 e. The van der Waals surface area contributed by atoms with Crippen LogP contribution < -0.4 is 5.56 Å². The van der Waals surface area contributed by atoms with Crippen molar-refractivity contribution in [1.29, 1.82) is 0 Å². The summed E-state index contributed by atoms with van der Waals surface area (Å²) in [7, 11) is 0. The molecule has 7 heteroatoms. The Labute approximate surface area is 145 Å². The van der Waals surface area contributed by atoms with Crippen LogP contribution in [-0.4, -0.2) is 26.0 Å². The molecule has 0 aliphatic carbocycles. The number of nitrogens with one attached hydrogen (secondary N) is 1. The van der Waals surface area contributed by atoms with Crippen molar-refractivity contribution in [2.75, 3.05) is 0 Å². The first-order valence-electron chi connectivity index (χ1n) is 7.59. The molecule has 0 aliphatic heterocycles. The van der Waals surface area contributed by atoms with Crippen LogP contribution in [0.25, 0.3) is 31.8 Å². The standard InChI is InChI=1S/C18H13N3O3S/c1-8-7-9(2)19-17-12(8)13-14(25-17)16(22)21-15(20-13)10-5-3-4-6-11(10)18(23)24/h3-7H,1-2H3,(H,23,24)(H,20,21,22). The Morgan fingerprint density at radius 2 is 1.96 bits per heavy atom. The molecule has 4 rings (SSSR count). The highest BCUT2D eigenvalue weighted by Crippen LogP contribution is 2.33. The highest BCUT2D eigenvalue weighted by molar-refractivity contribution is 7.25. The molecule has 6 nitrogen and oxygen atoms in total. The number of pyridine rings is 1. The summed E-state index contributed by atoms with van der Waals surface area (Å²) in [5.74, 6) is -0.822. The first kappa shape index (κ1) is 15.5. The Balaban J connectivity index is 2.10. The Hall–Kier alpha value is -3.06. The van der Waals surface area contributed by atoms with E-state index in [1.165, 1.54) is 17.4 Å². The lowest BCUT2D eigenvalue weighted by molar-refractivity contribution is 0.0697. The molecular formula is C18H13N3O3S. The van der Waals surface area contributed by atoms with Crippen LogP contribution in [0, 0.1) is 13.8 Å². The van der Waals surface area contributed by atoms with Crippen LogP contribution in [-0.2, 0) is 0 Å². The van der Waals surface area contributed by atoms with E-state index < -0.39 is 5.97 Å². The first-order chi connectivity index (χ1) is 12.0. The van der Waals surface area contributed by atoms with E-state index in [0.717, 1.165) is 21.5 Å². The third kappa shape index (κ3) is 2.40. The average Bonchev–Trinajstić information content (AvgIpc) is 2.93. The SMILES string of the molecule is Cc1cc(C)c2c(n1)sc1c(=O)[nH]c(-c3ccccc3C(=O)O)nc12. The number of aryl methyl sites for hydroxylation is 2. The minimum absolute atomic E-state index is 0.0928. The van der Waals surface area contributed by atoms with E-state index in [2.05, 4.69) is 15.0 Å². The summed E-state index contributed by atoms with van der Waals surface area (Å²) in [5.41, 5.74) is 2.61. The van der Waals surface area contributed by atoms with E-state index in [1.807, 2.05) is 19.9 Å². The molecule has 0 spiro atoms. The van der Waals surface area contributed by atoms with Crippen molar-refractivity contribution < 1.29 is 9.90 Å². The summed E-state index contributed by atoms with van der Waals surface area (Å²) in [5, 5.41) is 10.2. The maximum Gasteiger partial charge on any atom is 0.336 e. The summed E-state index contributed by atoms with van der Waals surface area (Å²) in [6.45, 7) is 3.86. The predicted octanol–water partition coefficient (Wildman–Crippen LogP) is 3.51. The van der Waals surface area contributed by atoms with Gasteiger partial charge in [-0.05, 0) is 31.5 Å². The smallest absolute Gasteiger partial charge is 0.336 e. The van der Waals surface area contributed by atoms with Gasteiger partial charge in [-0.15, -0.1) is 11.3 Å². The van der Waals surface area contributed by atoms with Gasteiger partial charge in [-0.1, -0.05) is 18.2 Å². The number of carboxylic acid groups (broad SMARTS) is 1. The molecule has 0 atom stereocenters. The van der Waals surface area contributed by atoms with Gasteiger partial charge in [0, 0.05) is 16.6 Å². The van der Waals surface area contributed by atoms with Crippen LogP contribution in [0.5, 0.6) is 0 Å². The number of hydrogen-bond acceptors (Lipinski definition) is 5. The Kier molecular flexibility index (Phi) is 3.40. The predicted molar refractivity (Wildman–Crippen MR) is 97.4 cm³/mol. The lowest BCUT2D eigenvalue weighted by Gasteiger charge is -2.05. The molecule has 25 heavy (non-hydrogen) atoms. The second-order valence-electron chi connectivity index (χ2n) is 5.81. The fourth-order valence-corrected chi connectivity index (χ4v) is 4.12. The highest BCUT2D eigenvalue weighted by atomic mass is 32.1. The Morgan fingerprint density at radius 1 is 1.20 bits per heavy atom. The number of benzene rings is 1. The van der Waals surface area contributed by atoms with Gasteiger partial charge in [-0.25, -0.2) is 14.8 Å². The molecule has 0 fully saturated rings. The Bertz CT molecular complexity index is 1220. The largest absolute Gasteiger partial charge is 0.478 e. The first-order valence-corrected chi connectivity index (χ1v) is 8.41. The second-order valence-corrected chi connectivity index (χ2v) is 6.80. The second kappa shape index (κ2) is 5.49. The van der Waals surface area contributed by atoms with E-state index in [9.17, 15) is 14.7 Å². The van der Waals surface area contributed by atoms with Gasteiger partial charge in [0.15, 0.2) is 0 Å². The van der Waals surface area contributed by atoms with Gasteiger partial charge >= 0.3 is 5.97 Å². The van der Waals surface area contributed by atoms with E-state index in [0.29, 0.717) is 15.8 Å². The quantitative estimate of drug-likeness (QED) is 0.576. The number of nitrogens with zero attached hydrogens (tertiary/aromatic N) is 2. The van der Waals surface area contributed by atoms with Crippen molar-refractivity contribution >= 4 is 37.7 Å². The average molecular weight is 351 g/mol. The molecule has 0 amide bonds. The van der Waals surface area contributed by atoms with Gasteiger partial charge in [-0.3, -0.25) is 4.79 Å². The van der Waals surface area contributed by atoms with E-state index in [4.69, 9.17) is 0 Å². The molecule has 3 heterocycles. The molecular weight excluding hydrogens is 338 g/mol. The molecule has 0 saturated carbocycles. The summed E-state index contributed by atoms with van der Waals surface area (Å²) in [4.78, 5) is 36.6. The number of hydrogen-bond donors (Lipinski definition) is 2. The van der Waals surface area contributed by atoms with Gasteiger partial charge in [0.1, 0.15) is 15.4 Å². The molecule has 0 radical (unpaired) electrons. The third-order valence-electron chi connectivity index (χ3n) is 4.04. The number of aromatic carboxylic acids is 1. The van der Waals surface area contributed by atoms with Crippen molar-refractivity contribution in [3.63, 3.8) is 0 Å². The highest BCUT2D eigenvalue weighted by Gasteiger charge is 2.18. The number of rotatable bonds is 2. The van der Waals surface area contributed by atoms with E-state index in [-0.39, 0.29) is 16.9 Å². The third-order valence-corrected chi connectivity index (χ3v) is 5.11. The van der Waals surface area contributed by atoms with Crippen molar-refractivity contribution in [1.82, 2.24) is 15.0 Å². The van der Waals surface area contributed by atoms with E-state index in [1.54, 1.807) is 18.2 Å². The zero-order chi connectivity index (χ0) is 17.7. The van der Waals surface area contributed by atoms with Crippen LogP contribution in [0.1, 0.15) is 21.6 Å². The number of aromatic nitrogens is 3. The lowest BCUT2D eigenvalue weighted by atomic mass is 10.1. The fraction of sp³-hybridized carbons (Fsp3) is 0.111. The molecule has 0 saturated heterocycles. The van der Waals surface area contributed by atoms with Gasteiger partial charge in [0.05, 0.1) is 11.1 Å². The number of fused-ring (bicyclic) bond motifs is 3. The maximum absolute atomic E-state index is 12.6. The molecule has 0 bridgehead atoms. The zero-order valence-electron chi connectivity index (χ0n) is 13.5. The number of aromatic amines is 1. The monoisotopic (exact) mass is 351 g/mol. The summed E-state index contributed by atoms with van der Waals surface area (Å²) < 4.78 is 0.493. The minimum atomic E-state index is -1.07. The van der Waals surface area contributed by atoms with Crippen LogP contribution in [0.3, 0.4) is 0 Å². The zero-order valence-corrected chi connectivity index (χ0v) is 14.3. The van der Waals surface area contributed by atoms with Crippen molar-refractivity contribution in [3.8, 4) is 11.4 Å². The normalized spacial score (nSPS) is 11.3. The number of H-pyrrole nitrogens is 1. The summed E-state index contributed by atoms with van der Waals surface area (Å²) in [6.07, 6.45) is 0. The fourth-order valence-electron chi connectivity index (χ4n) is 2.99. The molecule has 0 aliphatic rings. The molecule has 124 valence electrons. The number of carbonyl (C=O) groups is 1. The van der Waals surface area contributed by atoms with Crippen LogP contribution >= 0.6 is 11.3 Å². The van der Waals surface area contributed by atoms with Crippen molar-refractivity contribution in [3.05, 3.63) is 57.5 Å². The summed E-state index contributed by atoms with van der Waals surface area (Å²) in [6, 6.07) is 8.43. The molecule has 4 aromatic rings. The molecule has 2 N–H and O–H groups in total. The summed E-state index contributed by atoms with van der Waals surface area (Å²) >= 11 is 1.30. The van der Waals surface area contributed by atoms with Gasteiger partial charge in [0.2, 0.25) is 0 Å². The molecule has 0 unspecified atom stereocenters. The molecule has 3 aromatic heterocycles. The topological polar surface area (TPSA) is 95.9 Å². The van der Waals surface area contributed by atoms with E-state index >= 15 is 0 Å². The maximum atomic E-state index is 12.6. The Morgan fingerprint density at radius 3 is 2.72 bits per heavy atom. The van der Waals surface area contributed by atoms with Gasteiger partial charge in [0.25, 0.3) is 5.56 Å².